The zero-order valence-electron chi connectivity index (χ0n) is 10.8. The van der Waals surface area contributed by atoms with E-state index in [1.54, 1.807) is 0 Å². The van der Waals surface area contributed by atoms with Crippen LogP contribution in [0.3, 0.4) is 0 Å². The minimum Gasteiger partial charge on any atom is -0.414 e. The van der Waals surface area contributed by atoms with E-state index >= 15 is 0 Å². The van der Waals surface area contributed by atoms with E-state index < -0.39 is 0 Å². The molecule has 1 fully saturated rings. The molecule has 0 unspecified atom stereocenters. The highest BCUT2D eigenvalue weighted by Crippen LogP contribution is 2.23. The van der Waals surface area contributed by atoms with E-state index in [0.29, 0.717) is 6.10 Å². The third kappa shape index (κ3) is 6.55. The van der Waals surface area contributed by atoms with Crippen molar-refractivity contribution < 1.29 is 14.6 Å². The number of aliphatic hydroxyl groups is 1. The Balaban J connectivity index is 2.14. The number of aliphatic hydroxyl groups excluding tert-OH is 1. The number of rotatable bonds is 6. The van der Waals surface area contributed by atoms with Crippen LogP contribution in [0.5, 0.6) is 0 Å². The minimum absolute atomic E-state index is 0.160. The average Bonchev–Trinajstić information content (AvgIpc) is 2.36. The van der Waals surface area contributed by atoms with Gasteiger partial charge < -0.3 is 14.6 Å². The van der Waals surface area contributed by atoms with E-state index in [1.807, 2.05) is 0 Å². The molecule has 1 N–H and O–H groups in total. The minimum atomic E-state index is -0.195. The fourth-order valence-electron chi connectivity index (χ4n) is 2.10. The van der Waals surface area contributed by atoms with Gasteiger partial charge in [-0.3, -0.25) is 0 Å². The van der Waals surface area contributed by atoms with Crippen molar-refractivity contribution in [3.63, 3.8) is 0 Å². The lowest BCUT2D eigenvalue weighted by Crippen LogP contribution is -2.28. The van der Waals surface area contributed by atoms with Gasteiger partial charge in [-0.05, 0) is 25.2 Å². The van der Waals surface area contributed by atoms with Crippen LogP contribution in [-0.2, 0) is 9.47 Å². The van der Waals surface area contributed by atoms with Crippen LogP contribution < -0.4 is 0 Å². The van der Waals surface area contributed by atoms with Gasteiger partial charge in [0.25, 0.3) is 0 Å². The van der Waals surface area contributed by atoms with Crippen molar-refractivity contribution in [2.45, 2.75) is 70.7 Å². The van der Waals surface area contributed by atoms with E-state index in [4.69, 9.17) is 14.6 Å². The maximum atomic E-state index is 8.52. The molecule has 1 aliphatic heterocycles. The molecule has 0 aromatic carbocycles. The summed E-state index contributed by atoms with van der Waals surface area (Å²) in [6.45, 7) is 2.06. The monoisotopic (exact) mass is 240 g/mol. The molecular weight excluding hydrogens is 216 g/mol. The highest BCUT2D eigenvalue weighted by molar-refractivity contribution is 4.91. The number of hydrogen-bond donors (Lipinski definition) is 1. The summed E-state index contributed by atoms with van der Waals surface area (Å²) >= 11 is 0. The highest BCUT2D eigenvalue weighted by Gasteiger charge is 2.22. The summed E-state index contributed by atoms with van der Waals surface area (Å²) in [5.74, 6) is 2.47. The van der Waals surface area contributed by atoms with Gasteiger partial charge in [-0.1, -0.05) is 32.6 Å². The van der Waals surface area contributed by atoms with Crippen molar-refractivity contribution in [2.75, 3.05) is 6.61 Å². The largest absolute Gasteiger partial charge is 0.414 e. The quantitative estimate of drug-likeness (QED) is 0.573. The lowest BCUT2D eigenvalue weighted by atomic mass is 10.0. The number of unbranched alkanes of at least 4 members (excludes halogenated alkanes) is 3. The molecule has 0 spiro atoms. The summed E-state index contributed by atoms with van der Waals surface area (Å²) in [6, 6.07) is 0. The summed E-state index contributed by atoms with van der Waals surface area (Å²) in [7, 11) is 0. The Bertz CT molecular complexity index is 242. The van der Waals surface area contributed by atoms with Gasteiger partial charge in [-0.15, -0.1) is 0 Å². The molecule has 0 amide bonds. The maximum Gasteiger partial charge on any atom is 0.210 e. The van der Waals surface area contributed by atoms with Crippen LogP contribution in [0, 0.1) is 12.0 Å². The Morgan fingerprint density at radius 3 is 2.94 bits per heavy atom. The first-order valence-corrected chi connectivity index (χ1v) is 6.76. The van der Waals surface area contributed by atoms with Crippen molar-refractivity contribution in [1.29, 1.82) is 0 Å². The molecule has 1 saturated heterocycles. The van der Waals surface area contributed by atoms with Crippen molar-refractivity contribution in [2.24, 2.45) is 0 Å². The molecule has 1 aliphatic rings. The Hall–Kier alpha value is -0.720. The van der Waals surface area contributed by atoms with Crippen molar-refractivity contribution >= 4 is 0 Å². The smallest absolute Gasteiger partial charge is 0.210 e. The number of hydrogen-bond acceptors (Lipinski definition) is 3. The van der Waals surface area contributed by atoms with E-state index in [0.717, 1.165) is 25.7 Å². The first kappa shape index (κ1) is 14.3. The molecule has 0 bridgehead atoms. The van der Waals surface area contributed by atoms with Crippen LogP contribution in [0.4, 0.5) is 0 Å². The Morgan fingerprint density at radius 1 is 1.29 bits per heavy atom. The highest BCUT2D eigenvalue weighted by atomic mass is 16.7. The van der Waals surface area contributed by atoms with Gasteiger partial charge >= 0.3 is 0 Å². The lowest BCUT2D eigenvalue weighted by Gasteiger charge is -2.28. The second-order valence-electron chi connectivity index (χ2n) is 4.52. The van der Waals surface area contributed by atoms with Crippen LogP contribution in [0.15, 0.2) is 0 Å². The lowest BCUT2D eigenvalue weighted by molar-refractivity contribution is -0.162. The van der Waals surface area contributed by atoms with Gasteiger partial charge in [0, 0.05) is 6.42 Å². The Morgan fingerprint density at radius 2 is 2.18 bits per heavy atom. The fraction of sp³-hybridized carbons (Fsp3) is 0.857. The van der Waals surface area contributed by atoms with Gasteiger partial charge in [0.1, 0.15) is 12.7 Å². The van der Waals surface area contributed by atoms with Crippen molar-refractivity contribution in [3.8, 4) is 12.0 Å². The molecule has 3 nitrogen and oxygen atoms in total. The molecule has 3 heteroatoms. The summed E-state index contributed by atoms with van der Waals surface area (Å²) in [4.78, 5) is 0. The standard InChI is InChI=1S/C14H24O3/c1-2-3-4-5-8-13-9-6-10-14(17-13)16-12-7-11-15/h13-15H,2-6,8-11H2,1H3/t13-,14+/m0/s1. The van der Waals surface area contributed by atoms with Gasteiger partial charge in [0.15, 0.2) is 0 Å². The molecule has 0 aliphatic carbocycles. The topological polar surface area (TPSA) is 38.7 Å². The SMILES string of the molecule is CCCCCC[C@H]1CCC[C@H](OC#CCO)O1. The maximum absolute atomic E-state index is 8.52. The number of ether oxygens (including phenoxy) is 2. The van der Waals surface area contributed by atoms with Gasteiger partial charge in [0.05, 0.1) is 6.10 Å². The van der Waals surface area contributed by atoms with Crippen LogP contribution >= 0.6 is 0 Å². The molecule has 0 aromatic heterocycles. The fourth-order valence-corrected chi connectivity index (χ4v) is 2.10. The van der Waals surface area contributed by atoms with Crippen molar-refractivity contribution in [1.82, 2.24) is 0 Å². The van der Waals surface area contributed by atoms with Gasteiger partial charge in [-0.2, -0.15) is 0 Å². The molecule has 98 valence electrons. The van der Waals surface area contributed by atoms with Crippen LogP contribution in [0.25, 0.3) is 0 Å². The van der Waals surface area contributed by atoms with E-state index in [9.17, 15) is 0 Å². The first-order valence-electron chi connectivity index (χ1n) is 6.76. The van der Waals surface area contributed by atoms with Crippen LogP contribution in [0.2, 0.25) is 0 Å². The predicted molar refractivity (Wildman–Crippen MR) is 67.2 cm³/mol. The molecule has 17 heavy (non-hydrogen) atoms. The van der Waals surface area contributed by atoms with Gasteiger partial charge in [-0.25, -0.2) is 0 Å². The molecule has 1 rings (SSSR count). The van der Waals surface area contributed by atoms with E-state index in [2.05, 4.69) is 19.0 Å². The molecule has 0 saturated carbocycles. The second-order valence-corrected chi connectivity index (χ2v) is 4.52. The Labute approximate surface area is 104 Å². The summed E-state index contributed by atoms with van der Waals surface area (Å²) in [5.41, 5.74) is 0. The van der Waals surface area contributed by atoms with Crippen LogP contribution in [-0.4, -0.2) is 24.1 Å². The average molecular weight is 240 g/mol. The van der Waals surface area contributed by atoms with Gasteiger partial charge in [0.2, 0.25) is 6.29 Å². The molecule has 0 radical (unpaired) electrons. The normalized spacial score (nSPS) is 23.9. The summed E-state index contributed by atoms with van der Waals surface area (Å²) < 4.78 is 11.0. The van der Waals surface area contributed by atoms with E-state index in [-0.39, 0.29) is 12.9 Å². The molecule has 2 atom stereocenters. The first-order chi connectivity index (χ1) is 8.36. The third-order valence-corrected chi connectivity index (χ3v) is 3.03. The van der Waals surface area contributed by atoms with Crippen molar-refractivity contribution in [3.05, 3.63) is 0 Å². The second kappa shape index (κ2) is 9.32. The summed E-state index contributed by atoms with van der Waals surface area (Å²) in [5, 5.41) is 8.52. The predicted octanol–water partition coefficient (Wildman–Crippen LogP) is 2.82. The van der Waals surface area contributed by atoms with Crippen LogP contribution in [0.1, 0.15) is 58.3 Å². The zero-order chi connectivity index (χ0) is 12.3. The Kier molecular flexibility index (Phi) is 7.87. The molecular formula is C14H24O3. The molecule has 1 heterocycles. The third-order valence-electron chi connectivity index (χ3n) is 3.03. The summed E-state index contributed by atoms with van der Waals surface area (Å²) in [6.07, 6.45) is 12.1. The van der Waals surface area contributed by atoms with E-state index in [1.165, 1.54) is 25.7 Å². The zero-order valence-corrected chi connectivity index (χ0v) is 10.8. The molecule has 0 aromatic rings.